The van der Waals surface area contributed by atoms with Crippen LogP contribution in [0.2, 0.25) is 0 Å². The number of carbonyl (C=O) groups excluding carboxylic acids is 1. The average Bonchev–Trinajstić information content (AvgIpc) is 2.29. The van der Waals surface area contributed by atoms with E-state index in [1.54, 1.807) is 12.1 Å². The van der Waals surface area contributed by atoms with Crippen LogP contribution in [0.3, 0.4) is 0 Å². The van der Waals surface area contributed by atoms with E-state index in [-0.39, 0.29) is 25.1 Å². The molecule has 1 rings (SSSR count). The second-order valence-electron chi connectivity index (χ2n) is 3.25. The lowest BCUT2D eigenvalue weighted by Crippen LogP contribution is -2.20. The van der Waals surface area contributed by atoms with Crippen LogP contribution in [0.1, 0.15) is 11.6 Å². The molecule has 1 aromatic rings. The van der Waals surface area contributed by atoms with Gasteiger partial charge in [0.2, 0.25) is 0 Å². The third kappa shape index (κ3) is 3.96. The monoisotopic (exact) mass is 227 g/mol. The van der Waals surface area contributed by atoms with E-state index in [0.717, 1.165) is 5.56 Å². The molecule has 0 spiro atoms. The molecule has 0 aliphatic heterocycles. The summed E-state index contributed by atoms with van der Waals surface area (Å²) in [5.41, 5.74) is 6.53. The van der Waals surface area contributed by atoms with E-state index in [1.165, 1.54) is 19.2 Å². The number of halogens is 1. The number of ether oxygens (including phenoxy) is 2. The van der Waals surface area contributed by atoms with E-state index < -0.39 is 5.97 Å². The molecule has 1 aromatic carbocycles. The maximum absolute atomic E-state index is 12.6. The molecule has 2 N–H and O–H groups in total. The van der Waals surface area contributed by atoms with Crippen LogP contribution in [0.25, 0.3) is 0 Å². The van der Waals surface area contributed by atoms with Gasteiger partial charge in [-0.15, -0.1) is 0 Å². The van der Waals surface area contributed by atoms with Crippen LogP contribution in [0.5, 0.6) is 0 Å². The predicted molar refractivity (Wildman–Crippen MR) is 56.2 cm³/mol. The maximum atomic E-state index is 12.6. The van der Waals surface area contributed by atoms with Gasteiger partial charge >= 0.3 is 5.97 Å². The molecule has 4 nitrogen and oxygen atoms in total. The van der Waals surface area contributed by atoms with Gasteiger partial charge in [0.25, 0.3) is 0 Å². The standard InChI is InChI=1S/C11H14FNO3/c1-15-11(14)7-16-6-10(13)8-2-4-9(12)5-3-8/h2-5,10H,6-7,13H2,1H3. The summed E-state index contributed by atoms with van der Waals surface area (Å²) in [6, 6.07) is 5.44. The number of carbonyl (C=O) groups is 1. The van der Waals surface area contributed by atoms with Crippen molar-refractivity contribution in [2.75, 3.05) is 20.3 Å². The van der Waals surface area contributed by atoms with Gasteiger partial charge in [-0.25, -0.2) is 9.18 Å². The molecule has 0 aliphatic rings. The summed E-state index contributed by atoms with van der Waals surface area (Å²) in [7, 11) is 1.28. The van der Waals surface area contributed by atoms with Crippen molar-refractivity contribution < 1.29 is 18.7 Å². The van der Waals surface area contributed by atoms with Crippen molar-refractivity contribution >= 4 is 5.97 Å². The molecule has 0 radical (unpaired) electrons. The molecule has 0 bridgehead atoms. The minimum absolute atomic E-state index is 0.134. The van der Waals surface area contributed by atoms with Crippen LogP contribution < -0.4 is 5.73 Å². The first-order chi connectivity index (χ1) is 7.63. The second-order valence-corrected chi connectivity index (χ2v) is 3.25. The Labute approximate surface area is 93.2 Å². The first kappa shape index (κ1) is 12.6. The van der Waals surface area contributed by atoms with Gasteiger partial charge in [0, 0.05) is 0 Å². The molecule has 0 heterocycles. The van der Waals surface area contributed by atoms with Crippen LogP contribution in [-0.4, -0.2) is 26.3 Å². The fourth-order valence-electron chi connectivity index (χ4n) is 1.13. The Hall–Kier alpha value is -1.46. The largest absolute Gasteiger partial charge is 0.467 e. The van der Waals surface area contributed by atoms with Crippen LogP contribution in [0.15, 0.2) is 24.3 Å². The molecular weight excluding hydrogens is 213 g/mol. The zero-order chi connectivity index (χ0) is 12.0. The lowest BCUT2D eigenvalue weighted by molar-refractivity contribution is -0.146. The normalized spacial score (nSPS) is 12.2. The predicted octanol–water partition coefficient (Wildman–Crippen LogP) is 1.02. The number of hydrogen-bond acceptors (Lipinski definition) is 4. The smallest absolute Gasteiger partial charge is 0.331 e. The fraction of sp³-hybridized carbons (Fsp3) is 0.364. The van der Waals surface area contributed by atoms with Crippen molar-refractivity contribution in [1.82, 2.24) is 0 Å². The molecular formula is C11H14FNO3. The van der Waals surface area contributed by atoms with E-state index in [1.807, 2.05) is 0 Å². The van der Waals surface area contributed by atoms with Gasteiger partial charge < -0.3 is 15.2 Å². The number of esters is 1. The highest BCUT2D eigenvalue weighted by atomic mass is 19.1. The third-order valence-electron chi connectivity index (χ3n) is 2.04. The summed E-state index contributed by atoms with van der Waals surface area (Å²) in [5, 5.41) is 0. The maximum Gasteiger partial charge on any atom is 0.331 e. The van der Waals surface area contributed by atoms with Crippen molar-refractivity contribution in [3.8, 4) is 0 Å². The van der Waals surface area contributed by atoms with Crippen molar-refractivity contribution in [3.63, 3.8) is 0 Å². The lowest BCUT2D eigenvalue weighted by atomic mass is 10.1. The Morgan fingerprint density at radius 2 is 2.06 bits per heavy atom. The number of methoxy groups -OCH3 is 1. The van der Waals surface area contributed by atoms with Gasteiger partial charge in [-0.1, -0.05) is 12.1 Å². The first-order valence-electron chi connectivity index (χ1n) is 4.79. The van der Waals surface area contributed by atoms with Gasteiger partial charge in [-0.05, 0) is 17.7 Å². The Balaban J connectivity index is 2.37. The Morgan fingerprint density at radius 1 is 1.44 bits per heavy atom. The lowest BCUT2D eigenvalue weighted by Gasteiger charge is -2.11. The zero-order valence-corrected chi connectivity index (χ0v) is 8.98. The summed E-state index contributed by atoms with van der Waals surface area (Å²) < 4.78 is 22.1. The van der Waals surface area contributed by atoms with Crippen molar-refractivity contribution in [2.24, 2.45) is 5.73 Å². The summed E-state index contributed by atoms with van der Waals surface area (Å²) in [4.78, 5) is 10.7. The van der Waals surface area contributed by atoms with Crippen molar-refractivity contribution in [1.29, 1.82) is 0 Å². The quantitative estimate of drug-likeness (QED) is 0.763. The summed E-state index contributed by atoms with van der Waals surface area (Å²) in [6.45, 7) is 0.0477. The van der Waals surface area contributed by atoms with Gasteiger partial charge in [0.05, 0.1) is 19.8 Å². The third-order valence-corrected chi connectivity index (χ3v) is 2.04. The van der Waals surface area contributed by atoms with Crippen LogP contribution >= 0.6 is 0 Å². The summed E-state index contributed by atoms with van der Waals surface area (Å²) in [6.07, 6.45) is 0. The Kier molecular flexibility index (Phi) is 4.88. The van der Waals surface area contributed by atoms with Crippen LogP contribution in [0.4, 0.5) is 4.39 Å². The van der Waals surface area contributed by atoms with Crippen LogP contribution in [0, 0.1) is 5.82 Å². The molecule has 0 saturated carbocycles. The first-order valence-corrected chi connectivity index (χ1v) is 4.79. The zero-order valence-electron chi connectivity index (χ0n) is 8.98. The van der Waals surface area contributed by atoms with E-state index in [2.05, 4.69) is 4.74 Å². The molecule has 16 heavy (non-hydrogen) atoms. The molecule has 0 fully saturated rings. The van der Waals surface area contributed by atoms with Gasteiger partial charge in [-0.3, -0.25) is 0 Å². The number of benzene rings is 1. The molecule has 1 atom stereocenters. The molecule has 0 aromatic heterocycles. The van der Waals surface area contributed by atoms with Gasteiger partial charge in [0.1, 0.15) is 12.4 Å². The van der Waals surface area contributed by atoms with Crippen molar-refractivity contribution in [2.45, 2.75) is 6.04 Å². The Morgan fingerprint density at radius 3 is 2.62 bits per heavy atom. The minimum atomic E-state index is -0.452. The number of hydrogen-bond donors (Lipinski definition) is 1. The molecule has 88 valence electrons. The highest BCUT2D eigenvalue weighted by molar-refractivity contribution is 5.70. The minimum Gasteiger partial charge on any atom is -0.467 e. The molecule has 0 saturated heterocycles. The fourth-order valence-corrected chi connectivity index (χ4v) is 1.13. The SMILES string of the molecule is COC(=O)COCC(N)c1ccc(F)cc1. The molecule has 0 amide bonds. The number of rotatable bonds is 5. The van der Waals surface area contributed by atoms with E-state index in [9.17, 15) is 9.18 Å². The van der Waals surface area contributed by atoms with E-state index in [4.69, 9.17) is 10.5 Å². The summed E-state index contributed by atoms with van der Waals surface area (Å²) >= 11 is 0. The van der Waals surface area contributed by atoms with Gasteiger partial charge in [0.15, 0.2) is 0 Å². The highest BCUT2D eigenvalue weighted by Gasteiger charge is 2.07. The Bertz CT molecular complexity index is 340. The molecule has 5 heteroatoms. The second kappa shape index (κ2) is 6.19. The summed E-state index contributed by atoms with van der Waals surface area (Å²) in [5.74, 6) is -0.766. The van der Waals surface area contributed by atoms with E-state index >= 15 is 0 Å². The average molecular weight is 227 g/mol. The topological polar surface area (TPSA) is 61.5 Å². The highest BCUT2D eigenvalue weighted by Crippen LogP contribution is 2.11. The molecule has 0 aliphatic carbocycles. The molecule has 1 unspecified atom stereocenters. The van der Waals surface area contributed by atoms with Gasteiger partial charge in [-0.2, -0.15) is 0 Å². The van der Waals surface area contributed by atoms with E-state index in [0.29, 0.717) is 0 Å². The number of nitrogens with two attached hydrogens (primary N) is 1. The van der Waals surface area contributed by atoms with Crippen LogP contribution in [-0.2, 0) is 14.3 Å². The van der Waals surface area contributed by atoms with Crippen molar-refractivity contribution in [3.05, 3.63) is 35.6 Å².